The third-order valence-electron chi connectivity index (χ3n) is 2.57. The van der Waals surface area contributed by atoms with Gasteiger partial charge in [0.05, 0.1) is 0 Å². The molecule has 0 aromatic rings. The molecule has 19 heavy (non-hydrogen) atoms. The van der Waals surface area contributed by atoms with Crippen molar-refractivity contribution in [2.24, 2.45) is 0 Å². The lowest BCUT2D eigenvalue weighted by Crippen LogP contribution is -2.67. The Labute approximate surface area is 124 Å². The number of rotatable bonds is 7. The summed E-state index contributed by atoms with van der Waals surface area (Å²) in [6, 6.07) is 0.897. The zero-order valence-electron chi connectivity index (χ0n) is 14.9. The molecule has 0 aliphatic heterocycles. The molecular formula is C13H35NO2Si3. The molecule has 0 saturated heterocycles. The number of hydrogen-bond donors (Lipinski definition) is 0. The van der Waals surface area contributed by atoms with Crippen molar-refractivity contribution < 1.29 is 8.23 Å². The maximum absolute atomic E-state index is 6.60. The van der Waals surface area contributed by atoms with Gasteiger partial charge in [-0.1, -0.05) is 27.7 Å². The highest BCUT2D eigenvalue weighted by Gasteiger charge is 2.48. The molecule has 0 aliphatic rings. The summed E-state index contributed by atoms with van der Waals surface area (Å²) in [5.41, 5.74) is 0. The van der Waals surface area contributed by atoms with Gasteiger partial charge in [-0.15, -0.1) is 0 Å². The molecule has 3 nitrogen and oxygen atoms in total. The maximum Gasteiger partial charge on any atom is 0.404 e. The van der Waals surface area contributed by atoms with Gasteiger partial charge in [-0.3, -0.25) is 4.57 Å². The molecule has 0 N–H and O–H groups in total. The highest BCUT2D eigenvalue weighted by Crippen LogP contribution is 2.27. The minimum Gasteiger partial charge on any atom is -0.425 e. The largest absolute Gasteiger partial charge is 0.425 e. The fraction of sp³-hybridized carbons (Fsp3) is 1.00. The van der Waals surface area contributed by atoms with Gasteiger partial charge in [-0.25, -0.2) is 0 Å². The second-order valence-electron chi connectivity index (χ2n) is 7.92. The first-order valence-corrected chi connectivity index (χ1v) is 16.4. The van der Waals surface area contributed by atoms with Gasteiger partial charge < -0.3 is 8.23 Å². The summed E-state index contributed by atoms with van der Waals surface area (Å²) in [5.74, 6) is 0. The first-order valence-electron chi connectivity index (χ1n) is 7.37. The average molecular weight is 322 g/mol. The minimum atomic E-state index is -2.32. The fourth-order valence-electron chi connectivity index (χ4n) is 2.80. The van der Waals surface area contributed by atoms with Gasteiger partial charge in [0.2, 0.25) is 0 Å². The van der Waals surface area contributed by atoms with E-state index < -0.39 is 25.4 Å². The van der Waals surface area contributed by atoms with Crippen LogP contribution in [0, 0.1) is 0 Å². The zero-order chi connectivity index (χ0) is 15.6. The standard InChI is InChI=1S/C13H35NO2Si3/c1-12(2)14(13(3)4)19(11,15-17(5,6)7)16-18(8,9)10/h12-13H,1-11H3. The van der Waals surface area contributed by atoms with Gasteiger partial charge in [0.1, 0.15) is 0 Å². The summed E-state index contributed by atoms with van der Waals surface area (Å²) >= 11 is 0. The van der Waals surface area contributed by atoms with Crippen molar-refractivity contribution in [1.82, 2.24) is 4.57 Å². The lowest BCUT2D eigenvalue weighted by molar-refractivity contribution is 0.190. The maximum atomic E-state index is 6.60. The third-order valence-corrected chi connectivity index (χ3v) is 12.5. The minimum absolute atomic E-state index is 0.448. The summed E-state index contributed by atoms with van der Waals surface area (Å²) in [6.07, 6.45) is 0. The summed E-state index contributed by atoms with van der Waals surface area (Å²) in [6.45, 7) is 24.7. The summed E-state index contributed by atoms with van der Waals surface area (Å²) < 4.78 is 15.7. The van der Waals surface area contributed by atoms with Crippen molar-refractivity contribution in [3.63, 3.8) is 0 Å². The van der Waals surface area contributed by atoms with Gasteiger partial charge >= 0.3 is 8.72 Å². The van der Waals surface area contributed by atoms with E-state index in [1.54, 1.807) is 0 Å². The van der Waals surface area contributed by atoms with E-state index in [1.165, 1.54) is 0 Å². The van der Waals surface area contributed by atoms with Crippen LogP contribution in [-0.2, 0) is 8.23 Å². The van der Waals surface area contributed by atoms with Gasteiger partial charge in [0.25, 0.3) is 0 Å². The molecule has 0 unspecified atom stereocenters. The number of nitrogens with zero attached hydrogens (tertiary/aromatic N) is 1. The Kier molecular flexibility index (Phi) is 6.71. The molecule has 0 radical (unpaired) electrons. The molecule has 0 spiro atoms. The fourth-order valence-corrected chi connectivity index (χ4v) is 15.1. The van der Waals surface area contributed by atoms with Crippen molar-refractivity contribution in [2.45, 2.75) is 85.6 Å². The first kappa shape index (κ1) is 19.5. The Bertz CT molecular complexity index is 259. The van der Waals surface area contributed by atoms with Crippen molar-refractivity contribution in [2.75, 3.05) is 0 Å². The van der Waals surface area contributed by atoms with Crippen LogP contribution in [0.2, 0.25) is 45.8 Å². The van der Waals surface area contributed by atoms with Crippen LogP contribution >= 0.6 is 0 Å². The van der Waals surface area contributed by atoms with Crippen LogP contribution in [-0.4, -0.2) is 42.0 Å². The molecule has 0 fully saturated rings. The molecule has 0 aliphatic carbocycles. The second kappa shape index (κ2) is 6.53. The molecule has 0 saturated carbocycles. The molecule has 6 heteroatoms. The average Bonchev–Trinajstić information content (AvgIpc) is 1.90. The van der Waals surface area contributed by atoms with E-state index in [1.807, 2.05) is 0 Å². The first-order chi connectivity index (χ1) is 8.18. The van der Waals surface area contributed by atoms with E-state index in [2.05, 4.69) is 78.1 Å². The van der Waals surface area contributed by atoms with Crippen molar-refractivity contribution in [1.29, 1.82) is 0 Å². The van der Waals surface area contributed by atoms with Gasteiger partial charge in [0, 0.05) is 12.1 Å². The molecule has 116 valence electrons. The predicted molar refractivity (Wildman–Crippen MR) is 92.6 cm³/mol. The topological polar surface area (TPSA) is 21.7 Å². The van der Waals surface area contributed by atoms with Crippen LogP contribution in [0.15, 0.2) is 0 Å². The smallest absolute Gasteiger partial charge is 0.404 e. The van der Waals surface area contributed by atoms with Crippen LogP contribution in [0.1, 0.15) is 27.7 Å². The van der Waals surface area contributed by atoms with Crippen LogP contribution in [0.25, 0.3) is 0 Å². The van der Waals surface area contributed by atoms with Crippen LogP contribution in [0.3, 0.4) is 0 Å². The molecular weight excluding hydrogens is 286 g/mol. The molecule has 0 aromatic heterocycles. The normalized spacial score (nSPS) is 14.8. The van der Waals surface area contributed by atoms with Crippen LogP contribution in [0.4, 0.5) is 0 Å². The monoisotopic (exact) mass is 321 g/mol. The summed E-state index contributed by atoms with van der Waals surface area (Å²) in [5, 5.41) is 0. The molecule has 0 heterocycles. The molecule has 0 aromatic carbocycles. The Morgan fingerprint density at radius 2 is 0.895 bits per heavy atom. The second-order valence-corrected chi connectivity index (χ2v) is 20.3. The Balaban J connectivity index is 5.47. The SMILES string of the molecule is CC(C)N(C(C)C)[Si](C)(O[Si](C)(C)C)O[Si](C)(C)C. The van der Waals surface area contributed by atoms with E-state index in [0.717, 1.165) is 0 Å². The van der Waals surface area contributed by atoms with Gasteiger partial charge in [0.15, 0.2) is 16.6 Å². The van der Waals surface area contributed by atoms with Crippen LogP contribution in [0.5, 0.6) is 0 Å². The van der Waals surface area contributed by atoms with Gasteiger partial charge in [-0.05, 0) is 45.8 Å². The Hall–Kier alpha value is 0.531. The molecule has 0 amide bonds. The van der Waals surface area contributed by atoms with Crippen LogP contribution < -0.4 is 0 Å². The highest BCUT2D eigenvalue weighted by atomic mass is 28.5. The third kappa shape index (κ3) is 7.19. The Morgan fingerprint density at radius 1 is 0.632 bits per heavy atom. The van der Waals surface area contributed by atoms with Crippen molar-refractivity contribution in [3.05, 3.63) is 0 Å². The van der Waals surface area contributed by atoms with E-state index in [0.29, 0.717) is 12.1 Å². The summed E-state index contributed by atoms with van der Waals surface area (Å²) in [7, 11) is -5.58. The number of hydrogen-bond acceptors (Lipinski definition) is 3. The lowest BCUT2D eigenvalue weighted by atomic mass is 10.3. The van der Waals surface area contributed by atoms with E-state index >= 15 is 0 Å². The van der Waals surface area contributed by atoms with E-state index in [4.69, 9.17) is 8.23 Å². The lowest BCUT2D eigenvalue weighted by Gasteiger charge is -2.48. The van der Waals surface area contributed by atoms with Crippen molar-refractivity contribution >= 4 is 25.4 Å². The van der Waals surface area contributed by atoms with E-state index in [-0.39, 0.29) is 0 Å². The van der Waals surface area contributed by atoms with Crippen molar-refractivity contribution in [3.8, 4) is 0 Å². The Morgan fingerprint density at radius 3 is 1.05 bits per heavy atom. The quantitative estimate of drug-likeness (QED) is 0.650. The molecule has 0 bridgehead atoms. The predicted octanol–water partition coefficient (Wildman–Crippen LogP) is 4.38. The van der Waals surface area contributed by atoms with E-state index in [9.17, 15) is 0 Å². The highest BCUT2D eigenvalue weighted by molar-refractivity contribution is 6.86. The summed E-state index contributed by atoms with van der Waals surface area (Å²) in [4.78, 5) is 0. The molecule has 0 atom stereocenters. The zero-order valence-corrected chi connectivity index (χ0v) is 17.9. The van der Waals surface area contributed by atoms with Gasteiger partial charge in [-0.2, -0.15) is 0 Å². The molecule has 0 rings (SSSR count).